The van der Waals surface area contributed by atoms with Crippen LogP contribution in [0.1, 0.15) is 30.4 Å². The molecule has 0 aliphatic carbocycles. The molecule has 1 aliphatic heterocycles. The van der Waals surface area contributed by atoms with Crippen LogP contribution in [0.25, 0.3) is 0 Å². The highest BCUT2D eigenvalue weighted by molar-refractivity contribution is 5.78. The fourth-order valence-corrected chi connectivity index (χ4v) is 3.53. The fraction of sp³-hybridized carbons (Fsp3) is 0.429. The van der Waals surface area contributed by atoms with Crippen LogP contribution in [0.5, 0.6) is 11.5 Å². The van der Waals surface area contributed by atoms with Gasteiger partial charge in [0, 0.05) is 30.5 Å². The van der Waals surface area contributed by atoms with Gasteiger partial charge in [-0.3, -0.25) is 9.78 Å². The van der Waals surface area contributed by atoms with Crippen LogP contribution < -0.4 is 9.47 Å². The minimum absolute atomic E-state index is 0.00514. The molecule has 3 rings (SSSR count). The Bertz CT molecular complexity index is 825. The molecule has 1 saturated heterocycles. The van der Waals surface area contributed by atoms with Crippen molar-refractivity contribution >= 4 is 5.91 Å². The van der Waals surface area contributed by atoms with Crippen LogP contribution >= 0.6 is 0 Å². The number of carbonyl (C=O) groups excluding carboxylic acids is 1. The first-order valence-electron chi connectivity index (χ1n) is 9.45. The zero-order valence-electron chi connectivity index (χ0n) is 16.1. The van der Waals surface area contributed by atoms with E-state index in [4.69, 9.17) is 9.47 Å². The van der Waals surface area contributed by atoms with E-state index in [2.05, 4.69) is 4.98 Å². The molecule has 1 atom stereocenters. The summed E-state index contributed by atoms with van der Waals surface area (Å²) in [4.78, 5) is 18.7. The van der Waals surface area contributed by atoms with Crippen LogP contribution in [0.15, 0.2) is 42.7 Å². The van der Waals surface area contributed by atoms with Gasteiger partial charge in [-0.2, -0.15) is 13.2 Å². The molecule has 8 heteroatoms. The molecule has 1 aromatic carbocycles. The number of ether oxygens (including phenoxy) is 2. The summed E-state index contributed by atoms with van der Waals surface area (Å²) in [5, 5.41) is 0. The van der Waals surface area contributed by atoms with Gasteiger partial charge in [0.25, 0.3) is 5.91 Å². The Labute approximate surface area is 167 Å². The summed E-state index contributed by atoms with van der Waals surface area (Å²) < 4.78 is 48.7. The molecular formula is C21H23F3N2O3. The third-order valence-electron chi connectivity index (χ3n) is 5.03. The molecule has 1 fully saturated rings. The largest absolute Gasteiger partial charge is 0.496 e. The molecule has 156 valence electrons. The quantitative estimate of drug-likeness (QED) is 0.722. The van der Waals surface area contributed by atoms with Crippen LogP contribution in [-0.4, -0.2) is 42.1 Å². The normalized spacial score (nSPS) is 17.1. The van der Waals surface area contributed by atoms with Crippen LogP contribution in [-0.2, 0) is 17.4 Å². The maximum absolute atomic E-state index is 12.7. The second-order valence-electron chi connectivity index (χ2n) is 6.94. The molecule has 0 saturated carbocycles. The van der Waals surface area contributed by atoms with Gasteiger partial charge in [0.05, 0.1) is 12.7 Å². The lowest BCUT2D eigenvalue weighted by atomic mass is 9.96. The molecule has 0 radical (unpaired) electrons. The minimum Gasteiger partial charge on any atom is -0.496 e. The number of nitrogens with zero attached hydrogens (tertiary/aromatic N) is 2. The molecule has 29 heavy (non-hydrogen) atoms. The minimum atomic E-state index is -4.40. The molecule has 2 aromatic rings. The number of piperidine rings is 1. The van der Waals surface area contributed by atoms with E-state index in [1.54, 1.807) is 30.5 Å². The number of rotatable bonds is 6. The van der Waals surface area contributed by atoms with Crippen molar-refractivity contribution in [2.75, 3.05) is 20.3 Å². The molecule has 0 unspecified atom stereocenters. The van der Waals surface area contributed by atoms with E-state index in [1.165, 1.54) is 12.1 Å². The number of hydrogen-bond acceptors (Lipinski definition) is 4. The van der Waals surface area contributed by atoms with E-state index >= 15 is 0 Å². The molecule has 1 amide bonds. The van der Waals surface area contributed by atoms with Crippen molar-refractivity contribution in [3.05, 3.63) is 53.9 Å². The summed E-state index contributed by atoms with van der Waals surface area (Å²) in [5.74, 6) is 0.783. The number of methoxy groups -OCH3 is 1. The molecule has 5 nitrogen and oxygen atoms in total. The number of likely N-dealkylation sites (tertiary alicyclic amines) is 1. The summed E-state index contributed by atoms with van der Waals surface area (Å²) in [6, 6.07) is 6.13. The first kappa shape index (κ1) is 21.0. The lowest BCUT2D eigenvalue weighted by Crippen LogP contribution is -2.46. The SMILES string of the molecule is COc1ccncc1C[C@H]1CCCCN1C(=O)COc1ccc(C(F)(F)F)cc1. The molecule has 0 N–H and O–H groups in total. The van der Waals surface area contributed by atoms with E-state index in [0.29, 0.717) is 13.0 Å². The van der Waals surface area contributed by atoms with E-state index in [1.807, 2.05) is 0 Å². The van der Waals surface area contributed by atoms with E-state index in [0.717, 1.165) is 42.7 Å². The number of halogens is 3. The summed E-state index contributed by atoms with van der Waals surface area (Å²) in [5.41, 5.74) is 0.182. The maximum Gasteiger partial charge on any atom is 0.416 e. The first-order chi connectivity index (χ1) is 13.9. The highest BCUT2D eigenvalue weighted by Gasteiger charge is 2.30. The summed E-state index contributed by atoms with van der Waals surface area (Å²) in [6.07, 6.45) is 2.43. The van der Waals surface area contributed by atoms with Crippen molar-refractivity contribution in [1.82, 2.24) is 9.88 Å². The molecule has 0 spiro atoms. The summed E-state index contributed by atoms with van der Waals surface area (Å²) >= 11 is 0. The van der Waals surface area contributed by atoms with Crippen molar-refractivity contribution < 1.29 is 27.4 Å². The molecule has 1 aromatic heterocycles. The monoisotopic (exact) mass is 408 g/mol. The number of pyridine rings is 1. The summed E-state index contributed by atoms with van der Waals surface area (Å²) in [7, 11) is 1.60. The standard InChI is InChI=1S/C21H23F3N2O3/c1-28-19-9-10-25-13-15(19)12-17-4-2-3-11-26(17)20(27)14-29-18-7-5-16(6-8-18)21(22,23)24/h5-10,13,17H,2-4,11-12,14H2,1H3/t17-/m1/s1. The number of alkyl halides is 3. The second-order valence-corrected chi connectivity index (χ2v) is 6.94. The Morgan fingerprint density at radius 3 is 2.66 bits per heavy atom. The highest BCUT2D eigenvalue weighted by Crippen LogP contribution is 2.30. The van der Waals surface area contributed by atoms with Gasteiger partial charge in [-0.05, 0) is 56.0 Å². The lowest BCUT2D eigenvalue weighted by Gasteiger charge is -2.36. The predicted octanol–water partition coefficient (Wildman–Crippen LogP) is 4.11. The van der Waals surface area contributed by atoms with Gasteiger partial charge < -0.3 is 14.4 Å². The van der Waals surface area contributed by atoms with Crippen molar-refractivity contribution in [3.63, 3.8) is 0 Å². The smallest absolute Gasteiger partial charge is 0.416 e. The van der Waals surface area contributed by atoms with Crippen LogP contribution in [0, 0.1) is 0 Å². The van der Waals surface area contributed by atoms with Gasteiger partial charge in [-0.1, -0.05) is 0 Å². The lowest BCUT2D eigenvalue weighted by molar-refractivity contribution is -0.138. The topological polar surface area (TPSA) is 51.7 Å². The van der Waals surface area contributed by atoms with Gasteiger partial charge in [0.2, 0.25) is 0 Å². The average molecular weight is 408 g/mol. The Hall–Kier alpha value is -2.77. The summed E-state index contributed by atoms with van der Waals surface area (Å²) in [6.45, 7) is 0.411. The molecule has 0 bridgehead atoms. The Morgan fingerprint density at radius 2 is 1.97 bits per heavy atom. The number of hydrogen-bond donors (Lipinski definition) is 0. The number of benzene rings is 1. The first-order valence-corrected chi connectivity index (χ1v) is 9.45. The Balaban J connectivity index is 1.62. The molecular weight excluding hydrogens is 385 g/mol. The van der Waals surface area contributed by atoms with Crippen molar-refractivity contribution in [2.24, 2.45) is 0 Å². The fourth-order valence-electron chi connectivity index (χ4n) is 3.53. The van der Waals surface area contributed by atoms with Crippen LogP contribution in [0.3, 0.4) is 0 Å². The molecule has 1 aliphatic rings. The van der Waals surface area contributed by atoms with Crippen molar-refractivity contribution in [1.29, 1.82) is 0 Å². The van der Waals surface area contributed by atoms with E-state index in [-0.39, 0.29) is 24.3 Å². The van der Waals surface area contributed by atoms with Gasteiger partial charge in [-0.25, -0.2) is 0 Å². The zero-order valence-corrected chi connectivity index (χ0v) is 16.1. The molecule has 2 heterocycles. The van der Waals surface area contributed by atoms with Crippen molar-refractivity contribution in [3.8, 4) is 11.5 Å². The number of carbonyl (C=O) groups is 1. The van der Waals surface area contributed by atoms with Gasteiger partial charge in [-0.15, -0.1) is 0 Å². The Kier molecular flexibility index (Phi) is 6.61. The Morgan fingerprint density at radius 1 is 1.21 bits per heavy atom. The van der Waals surface area contributed by atoms with Crippen LogP contribution in [0.4, 0.5) is 13.2 Å². The third kappa shape index (κ3) is 5.40. The number of amides is 1. The van der Waals surface area contributed by atoms with Crippen molar-refractivity contribution in [2.45, 2.75) is 37.9 Å². The van der Waals surface area contributed by atoms with E-state index < -0.39 is 11.7 Å². The average Bonchev–Trinajstić information content (AvgIpc) is 2.72. The van der Waals surface area contributed by atoms with E-state index in [9.17, 15) is 18.0 Å². The van der Waals surface area contributed by atoms with Crippen LogP contribution in [0.2, 0.25) is 0 Å². The third-order valence-corrected chi connectivity index (χ3v) is 5.03. The second kappa shape index (κ2) is 9.15. The predicted molar refractivity (Wildman–Crippen MR) is 101 cm³/mol. The highest BCUT2D eigenvalue weighted by atomic mass is 19.4. The zero-order chi connectivity index (χ0) is 20.9. The van der Waals surface area contributed by atoms with Gasteiger partial charge in [0.1, 0.15) is 11.5 Å². The van der Waals surface area contributed by atoms with Gasteiger partial charge in [0.15, 0.2) is 6.61 Å². The maximum atomic E-state index is 12.7. The van der Waals surface area contributed by atoms with Gasteiger partial charge >= 0.3 is 6.18 Å². The number of aromatic nitrogens is 1.